The van der Waals surface area contributed by atoms with Crippen LogP contribution in [0.1, 0.15) is 31.4 Å². The van der Waals surface area contributed by atoms with Crippen molar-refractivity contribution < 1.29 is 9.84 Å². The molecule has 0 aliphatic rings. The average Bonchev–Trinajstić information content (AvgIpc) is 2.36. The fraction of sp³-hybridized carbons (Fsp3) is 0.625. The number of ether oxygens (including phenoxy) is 1. The third-order valence-corrected chi connectivity index (χ3v) is 3.31. The van der Waals surface area contributed by atoms with E-state index in [-0.39, 0.29) is 6.61 Å². The van der Waals surface area contributed by atoms with Gasteiger partial charge in [0.25, 0.3) is 0 Å². The van der Waals surface area contributed by atoms with Crippen molar-refractivity contribution in [2.75, 3.05) is 26.3 Å². The second-order valence-electron chi connectivity index (χ2n) is 5.32. The third kappa shape index (κ3) is 5.62. The molecule has 3 heteroatoms. The van der Waals surface area contributed by atoms with Crippen molar-refractivity contribution in [3.8, 4) is 5.75 Å². The molecule has 0 heterocycles. The minimum Gasteiger partial charge on any atom is -0.493 e. The molecule has 0 atom stereocenters. The summed E-state index contributed by atoms with van der Waals surface area (Å²) in [6.07, 6.45) is 0.978. The van der Waals surface area contributed by atoms with Crippen LogP contribution in [0, 0.1) is 13.8 Å². The van der Waals surface area contributed by atoms with Gasteiger partial charge in [-0.2, -0.15) is 0 Å². The van der Waals surface area contributed by atoms with Crippen LogP contribution in [-0.4, -0.2) is 42.4 Å². The van der Waals surface area contributed by atoms with Gasteiger partial charge in [-0.3, -0.25) is 4.90 Å². The summed E-state index contributed by atoms with van der Waals surface area (Å²) in [7, 11) is 0. The van der Waals surface area contributed by atoms with E-state index in [9.17, 15) is 0 Å². The van der Waals surface area contributed by atoms with Crippen molar-refractivity contribution in [2.24, 2.45) is 0 Å². The summed E-state index contributed by atoms with van der Waals surface area (Å²) in [5.74, 6) is 0.984. The molecule has 0 aromatic heterocycles. The normalized spacial score (nSPS) is 11.3. The molecule has 0 saturated heterocycles. The van der Waals surface area contributed by atoms with Crippen LogP contribution in [0.4, 0.5) is 0 Å². The van der Waals surface area contributed by atoms with E-state index < -0.39 is 0 Å². The zero-order valence-corrected chi connectivity index (χ0v) is 12.6. The Labute approximate surface area is 117 Å². The molecule has 0 amide bonds. The standard InChI is InChI=1S/C16H27NO2/c1-13(2)17(9-10-18)8-5-11-19-16-12-14(3)6-7-15(16)4/h6-7,12-13,18H,5,8-11H2,1-4H3. The van der Waals surface area contributed by atoms with Crippen molar-refractivity contribution in [1.82, 2.24) is 4.90 Å². The minimum atomic E-state index is 0.218. The highest BCUT2D eigenvalue weighted by molar-refractivity contribution is 5.35. The summed E-state index contributed by atoms with van der Waals surface area (Å²) < 4.78 is 5.84. The van der Waals surface area contributed by atoms with E-state index in [1.54, 1.807) is 0 Å². The van der Waals surface area contributed by atoms with Crippen LogP contribution in [0.25, 0.3) is 0 Å². The first-order valence-electron chi connectivity index (χ1n) is 7.09. The zero-order valence-electron chi connectivity index (χ0n) is 12.6. The predicted octanol–water partition coefficient (Wildman–Crippen LogP) is 2.78. The lowest BCUT2D eigenvalue weighted by molar-refractivity contribution is 0.155. The summed E-state index contributed by atoms with van der Waals surface area (Å²) in [6.45, 7) is 11.1. The number of rotatable bonds is 8. The average molecular weight is 265 g/mol. The molecule has 0 fully saturated rings. The van der Waals surface area contributed by atoms with E-state index in [1.165, 1.54) is 11.1 Å². The molecule has 1 N–H and O–H groups in total. The fourth-order valence-electron chi connectivity index (χ4n) is 2.07. The van der Waals surface area contributed by atoms with Crippen LogP contribution in [0.15, 0.2) is 18.2 Å². The van der Waals surface area contributed by atoms with Gasteiger partial charge in [0, 0.05) is 19.1 Å². The van der Waals surface area contributed by atoms with E-state index >= 15 is 0 Å². The fourth-order valence-corrected chi connectivity index (χ4v) is 2.07. The molecule has 0 saturated carbocycles. The molecule has 3 nitrogen and oxygen atoms in total. The van der Waals surface area contributed by atoms with Gasteiger partial charge in [0.1, 0.15) is 5.75 Å². The number of hydrogen-bond acceptors (Lipinski definition) is 3. The summed E-state index contributed by atoms with van der Waals surface area (Å²) >= 11 is 0. The highest BCUT2D eigenvalue weighted by Gasteiger charge is 2.08. The Kier molecular flexibility index (Phi) is 6.89. The maximum Gasteiger partial charge on any atom is 0.122 e. The maximum absolute atomic E-state index is 9.01. The Hall–Kier alpha value is -1.06. The Balaban J connectivity index is 2.35. The number of aryl methyl sites for hydroxylation is 2. The molecule has 19 heavy (non-hydrogen) atoms. The number of benzene rings is 1. The maximum atomic E-state index is 9.01. The van der Waals surface area contributed by atoms with Crippen molar-refractivity contribution in [3.63, 3.8) is 0 Å². The SMILES string of the molecule is Cc1ccc(C)c(OCCCN(CCO)C(C)C)c1. The highest BCUT2D eigenvalue weighted by atomic mass is 16.5. The Bertz CT molecular complexity index is 377. The van der Waals surface area contributed by atoms with Crippen molar-refractivity contribution in [3.05, 3.63) is 29.3 Å². The smallest absolute Gasteiger partial charge is 0.122 e. The van der Waals surface area contributed by atoms with Crippen LogP contribution in [0.2, 0.25) is 0 Å². The van der Waals surface area contributed by atoms with E-state index in [0.29, 0.717) is 6.04 Å². The van der Waals surface area contributed by atoms with Gasteiger partial charge in [0.05, 0.1) is 13.2 Å². The predicted molar refractivity (Wildman–Crippen MR) is 79.8 cm³/mol. The van der Waals surface area contributed by atoms with Gasteiger partial charge in [-0.1, -0.05) is 12.1 Å². The van der Waals surface area contributed by atoms with Gasteiger partial charge >= 0.3 is 0 Å². The molecule has 0 aliphatic heterocycles. The summed E-state index contributed by atoms with van der Waals surface area (Å²) in [5.41, 5.74) is 2.41. The van der Waals surface area contributed by atoms with Gasteiger partial charge in [-0.15, -0.1) is 0 Å². The lowest BCUT2D eigenvalue weighted by Gasteiger charge is -2.25. The molecule has 1 aromatic carbocycles. The van der Waals surface area contributed by atoms with Crippen LogP contribution in [0.5, 0.6) is 5.75 Å². The Morgan fingerprint density at radius 3 is 2.58 bits per heavy atom. The number of aliphatic hydroxyl groups excluding tert-OH is 1. The topological polar surface area (TPSA) is 32.7 Å². The molecule has 1 aromatic rings. The largest absolute Gasteiger partial charge is 0.493 e. The first kappa shape index (κ1) is 16.0. The molecule has 0 spiro atoms. The van der Waals surface area contributed by atoms with Gasteiger partial charge in [0.15, 0.2) is 0 Å². The number of nitrogens with zero attached hydrogens (tertiary/aromatic N) is 1. The molecule has 0 aliphatic carbocycles. The van der Waals surface area contributed by atoms with Crippen LogP contribution in [0.3, 0.4) is 0 Å². The van der Waals surface area contributed by atoms with Gasteiger partial charge in [-0.05, 0) is 51.3 Å². The second kappa shape index (κ2) is 8.18. The van der Waals surface area contributed by atoms with Crippen molar-refractivity contribution >= 4 is 0 Å². The highest BCUT2D eigenvalue weighted by Crippen LogP contribution is 2.19. The van der Waals surface area contributed by atoms with Crippen LogP contribution < -0.4 is 4.74 Å². The van der Waals surface area contributed by atoms with E-state index in [4.69, 9.17) is 9.84 Å². The molecular weight excluding hydrogens is 238 g/mol. The van der Waals surface area contributed by atoms with Gasteiger partial charge in [-0.25, -0.2) is 0 Å². The minimum absolute atomic E-state index is 0.218. The van der Waals surface area contributed by atoms with Crippen molar-refractivity contribution in [2.45, 2.75) is 40.2 Å². The van der Waals surface area contributed by atoms with Gasteiger partial charge in [0.2, 0.25) is 0 Å². The number of aliphatic hydroxyl groups is 1. The molecule has 1 rings (SSSR count). The Morgan fingerprint density at radius 1 is 1.21 bits per heavy atom. The van der Waals surface area contributed by atoms with E-state index in [1.807, 2.05) is 0 Å². The summed E-state index contributed by atoms with van der Waals surface area (Å²) in [4.78, 5) is 2.27. The zero-order chi connectivity index (χ0) is 14.3. The number of hydrogen-bond donors (Lipinski definition) is 1. The molecule has 0 radical (unpaired) electrons. The lowest BCUT2D eigenvalue weighted by Crippen LogP contribution is -2.34. The lowest BCUT2D eigenvalue weighted by atomic mass is 10.1. The van der Waals surface area contributed by atoms with E-state index in [2.05, 4.69) is 50.8 Å². The summed E-state index contributed by atoms with van der Waals surface area (Å²) in [6, 6.07) is 6.75. The monoisotopic (exact) mass is 265 g/mol. The second-order valence-corrected chi connectivity index (χ2v) is 5.32. The first-order chi connectivity index (χ1) is 9.04. The van der Waals surface area contributed by atoms with Crippen molar-refractivity contribution in [1.29, 1.82) is 0 Å². The Morgan fingerprint density at radius 2 is 1.95 bits per heavy atom. The van der Waals surface area contributed by atoms with Gasteiger partial charge < -0.3 is 9.84 Å². The molecule has 0 unspecified atom stereocenters. The first-order valence-corrected chi connectivity index (χ1v) is 7.09. The molecule has 0 bridgehead atoms. The van der Waals surface area contributed by atoms with Crippen LogP contribution >= 0.6 is 0 Å². The van der Waals surface area contributed by atoms with Crippen LogP contribution in [-0.2, 0) is 0 Å². The third-order valence-electron chi connectivity index (χ3n) is 3.31. The summed E-state index contributed by atoms with van der Waals surface area (Å²) in [5, 5.41) is 9.01. The quantitative estimate of drug-likeness (QED) is 0.734. The van der Waals surface area contributed by atoms with E-state index in [0.717, 1.165) is 31.9 Å². The molecule has 108 valence electrons. The molecular formula is C16H27NO2.